The van der Waals surface area contributed by atoms with Crippen molar-refractivity contribution >= 4 is 11.9 Å². The van der Waals surface area contributed by atoms with Crippen molar-refractivity contribution in [3.8, 4) is 0 Å². The summed E-state index contributed by atoms with van der Waals surface area (Å²) in [7, 11) is 0. The predicted molar refractivity (Wildman–Crippen MR) is 43.0 cm³/mol. The SMILES string of the molecule is CC(=O)[O-].CC(=O)[O-].O.O.O.O.O.O.[Ni+2]. The number of carboxylic acid groups (broad SMARTS) is 2. The third kappa shape index (κ3) is 2540. The third-order valence-corrected chi connectivity index (χ3v) is 0. The van der Waals surface area contributed by atoms with Gasteiger partial charge in [0.05, 0.1) is 0 Å². The van der Waals surface area contributed by atoms with Gasteiger partial charge in [0.15, 0.2) is 0 Å². The fourth-order valence-electron chi connectivity index (χ4n) is 0. The van der Waals surface area contributed by atoms with E-state index in [1.54, 1.807) is 0 Å². The minimum absolute atomic E-state index is 0. The van der Waals surface area contributed by atoms with Gasteiger partial charge in [-0.3, -0.25) is 0 Å². The van der Waals surface area contributed by atoms with Gasteiger partial charge in [-0.25, -0.2) is 0 Å². The van der Waals surface area contributed by atoms with Gasteiger partial charge in [-0.2, -0.15) is 0 Å². The van der Waals surface area contributed by atoms with Gasteiger partial charge >= 0.3 is 16.5 Å². The molecule has 0 aromatic heterocycles. The van der Waals surface area contributed by atoms with E-state index in [0.29, 0.717) is 0 Å². The van der Waals surface area contributed by atoms with Crippen LogP contribution in [0.4, 0.5) is 0 Å². The van der Waals surface area contributed by atoms with E-state index in [4.69, 9.17) is 19.8 Å². The summed E-state index contributed by atoms with van der Waals surface area (Å²) in [6.07, 6.45) is 0. The van der Waals surface area contributed by atoms with Crippen molar-refractivity contribution in [1.29, 1.82) is 0 Å². The molecule has 0 aromatic rings. The van der Waals surface area contributed by atoms with E-state index in [9.17, 15) is 0 Å². The largest absolute Gasteiger partial charge is 2.00 e. The second kappa shape index (κ2) is 72.7. The van der Waals surface area contributed by atoms with Gasteiger partial charge in [0.1, 0.15) is 0 Å². The normalized spacial score (nSPS) is 3.33. The molecule has 0 bridgehead atoms. The van der Waals surface area contributed by atoms with Crippen molar-refractivity contribution < 1.29 is 69.2 Å². The van der Waals surface area contributed by atoms with Crippen molar-refractivity contribution in [2.75, 3.05) is 0 Å². The molecule has 10 nitrogen and oxygen atoms in total. The van der Waals surface area contributed by atoms with E-state index in [1.807, 2.05) is 0 Å². The molecule has 12 N–H and O–H groups in total. The molecular weight excluding hydrogens is 267 g/mol. The molecule has 0 rings (SSSR count). The minimum Gasteiger partial charge on any atom is -0.550 e. The molecule has 15 heavy (non-hydrogen) atoms. The molecule has 0 unspecified atom stereocenters. The van der Waals surface area contributed by atoms with Gasteiger partial charge in [0.2, 0.25) is 0 Å². The summed E-state index contributed by atoms with van der Waals surface area (Å²) in [6, 6.07) is 0. The monoisotopic (exact) mass is 284 g/mol. The number of carbonyl (C=O) groups excluding carboxylic acids is 2. The first kappa shape index (κ1) is 91.6. The molecule has 0 amide bonds. The molecule has 0 aromatic carbocycles. The van der Waals surface area contributed by atoms with Crippen LogP contribution in [0.5, 0.6) is 0 Å². The first-order valence-electron chi connectivity index (χ1n) is 1.82. The fourth-order valence-corrected chi connectivity index (χ4v) is 0. The molecule has 0 aliphatic rings. The number of aliphatic carboxylic acids is 2. The van der Waals surface area contributed by atoms with Crippen molar-refractivity contribution in [2.45, 2.75) is 13.8 Å². The van der Waals surface area contributed by atoms with Gasteiger partial charge in [0, 0.05) is 11.9 Å². The molecular formula is C4H18NiO10. The van der Waals surface area contributed by atoms with Crippen LogP contribution in [-0.4, -0.2) is 44.8 Å². The van der Waals surface area contributed by atoms with Gasteiger partial charge in [-0.15, -0.1) is 0 Å². The number of carboxylic acids is 2. The van der Waals surface area contributed by atoms with Gasteiger partial charge in [-0.05, 0) is 13.8 Å². The molecule has 0 spiro atoms. The van der Waals surface area contributed by atoms with Crippen LogP contribution in [0.1, 0.15) is 13.8 Å². The zero-order valence-electron chi connectivity index (χ0n) is 7.95. The average molecular weight is 285 g/mol. The first-order valence-corrected chi connectivity index (χ1v) is 1.82. The Kier molecular flexibility index (Phi) is 444. The molecule has 11 heteroatoms. The number of hydrogen-bond donors (Lipinski definition) is 0. The maximum atomic E-state index is 8.89. The smallest absolute Gasteiger partial charge is 0.550 e. The average Bonchev–Trinajstić information content (AvgIpc) is 1.25. The predicted octanol–water partition coefficient (Wildman–Crippen LogP) is -7.44. The van der Waals surface area contributed by atoms with Crippen molar-refractivity contribution in [3.05, 3.63) is 0 Å². The van der Waals surface area contributed by atoms with Crippen molar-refractivity contribution in [1.82, 2.24) is 0 Å². The standard InChI is InChI=1S/2C2H4O2.Ni.6H2O/c2*1-2(3)4;;;;;;;/h2*1H3,(H,3,4);;6*1H2/q;;+2;;;;;;/p-2. The van der Waals surface area contributed by atoms with Gasteiger partial charge in [0.25, 0.3) is 0 Å². The summed E-state index contributed by atoms with van der Waals surface area (Å²) < 4.78 is 0. The van der Waals surface area contributed by atoms with Crippen molar-refractivity contribution in [3.63, 3.8) is 0 Å². The van der Waals surface area contributed by atoms with Crippen LogP contribution in [0.15, 0.2) is 0 Å². The molecule has 0 aliphatic carbocycles. The molecule has 104 valence electrons. The van der Waals surface area contributed by atoms with Crippen LogP contribution in [0.3, 0.4) is 0 Å². The molecule has 0 heterocycles. The van der Waals surface area contributed by atoms with E-state index < -0.39 is 11.9 Å². The fraction of sp³-hybridized carbons (Fsp3) is 0.500. The molecule has 0 aliphatic heterocycles. The van der Waals surface area contributed by atoms with Crippen molar-refractivity contribution in [2.24, 2.45) is 0 Å². The Morgan fingerprint density at radius 2 is 0.667 bits per heavy atom. The summed E-state index contributed by atoms with van der Waals surface area (Å²) in [5, 5.41) is 17.8. The Labute approximate surface area is 95.7 Å². The van der Waals surface area contributed by atoms with E-state index >= 15 is 0 Å². The Bertz CT molecular complexity index is 75.4. The molecule has 0 atom stereocenters. The Morgan fingerprint density at radius 3 is 0.667 bits per heavy atom. The first-order chi connectivity index (χ1) is 3.46. The van der Waals surface area contributed by atoms with Gasteiger partial charge in [-0.1, -0.05) is 0 Å². The molecule has 0 saturated carbocycles. The Balaban J connectivity index is -0.00000000468. The van der Waals surface area contributed by atoms with Crippen LogP contribution in [-0.2, 0) is 26.1 Å². The van der Waals surface area contributed by atoms with Crippen LogP contribution < -0.4 is 10.2 Å². The zero-order chi connectivity index (χ0) is 7.15. The Hall–Kier alpha value is -0.806. The van der Waals surface area contributed by atoms with E-state index in [0.717, 1.165) is 13.8 Å². The summed E-state index contributed by atoms with van der Waals surface area (Å²) in [4.78, 5) is 17.8. The maximum absolute atomic E-state index is 8.89. The van der Waals surface area contributed by atoms with E-state index in [-0.39, 0.29) is 49.3 Å². The molecule has 0 saturated heterocycles. The van der Waals surface area contributed by atoms with Crippen LogP contribution in [0, 0.1) is 0 Å². The Morgan fingerprint density at radius 1 is 0.667 bits per heavy atom. The number of carbonyl (C=O) groups is 2. The summed E-state index contributed by atoms with van der Waals surface area (Å²) in [6.45, 7) is 1.94. The van der Waals surface area contributed by atoms with Crippen LogP contribution in [0.2, 0.25) is 0 Å². The number of hydrogen-bond acceptors (Lipinski definition) is 4. The topological polar surface area (TPSA) is 269 Å². The minimum atomic E-state index is -1.08. The van der Waals surface area contributed by atoms with Crippen LogP contribution >= 0.6 is 0 Å². The number of rotatable bonds is 0. The van der Waals surface area contributed by atoms with Crippen LogP contribution in [0.25, 0.3) is 0 Å². The maximum Gasteiger partial charge on any atom is 2.00 e. The second-order valence-corrected chi connectivity index (χ2v) is 0.983. The zero-order valence-corrected chi connectivity index (χ0v) is 8.94. The van der Waals surface area contributed by atoms with E-state index in [1.165, 1.54) is 0 Å². The quantitative estimate of drug-likeness (QED) is 0.391. The summed E-state index contributed by atoms with van der Waals surface area (Å²) in [5.74, 6) is -2.17. The van der Waals surface area contributed by atoms with E-state index in [2.05, 4.69) is 0 Å². The van der Waals surface area contributed by atoms with Gasteiger partial charge < -0.3 is 52.7 Å². The third-order valence-electron chi connectivity index (χ3n) is 0. The second-order valence-electron chi connectivity index (χ2n) is 0.983. The summed E-state index contributed by atoms with van der Waals surface area (Å²) in [5.41, 5.74) is 0. The molecule has 0 radical (unpaired) electrons. The molecule has 0 fully saturated rings. The summed E-state index contributed by atoms with van der Waals surface area (Å²) >= 11 is 0.